The molecule has 1 aromatic carbocycles. The van der Waals surface area contributed by atoms with Crippen LogP contribution in [0.25, 0.3) is 0 Å². The molecular formula is C26H35N5O5. The van der Waals surface area contributed by atoms with Gasteiger partial charge in [-0.25, -0.2) is 0 Å². The summed E-state index contributed by atoms with van der Waals surface area (Å²) in [5.74, 6) is 0.962. The van der Waals surface area contributed by atoms with Gasteiger partial charge < -0.3 is 24.4 Å². The van der Waals surface area contributed by atoms with Gasteiger partial charge in [0.25, 0.3) is 11.8 Å². The third kappa shape index (κ3) is 4.92. The van der Waals surface area contributed by atoms with Crippen LogP contribution in [0, 0.1) is 0 Å². The van der Waals surface area contributed by atoms with Gasteiger partial charge in [0.1, 0.15) is 13.2 Å². The van der Waals surface area contributed by atoms with E-state index in [1.165, 1.54) is 0 Å². The molecule has 1 fully saturated rings. The van der Waals surface area contributed by atoms with Crippen LogP contribution in [0.5, 0.6) is 11.5 Å². The van der Waals surface area contributed by atoms with E-state index in [0.29, 0.717) is 81.2 Å². The van der Waals surface area contributed by atoms with Crippen LogP contribution >= 0.6 is 0 Å². The molecule has 0 aliphatic carbocycles. The molecule has 5 rings (SSSR count). The highest BCUT2D eigenvalue weighted by molar-refractivity contribution is 5.96. The van der Waals surface area contributed by atoms with Crippen LogP contribution in [0.2, 0.25) is 0 Å². The van der Waals surface area contributed by atoms with E-state index >= 15 is 0 Å². The van der Waals surface area contributed by atoms with Crippen molar-refractivity contribution in [2.24, 2.45) is 0 Å². The molecule has 36 heavy (non-hydrogen) atoms. The van der Waals surface area contributed by atoms with Gasteiger partial charge in [0.2, 0.25) is 0 Å². The fraction of sp³-hybridized carbons (Fsp3) is 0.577. The Hall–Kier alpha value is -3.11. The average molecular weight is 498 g/mol. The predicted octanol–water partition coefficient (Wildman–Crippen LogP) is 1.71. The Labute approximate surface area is 211 Å². The zero-order chi connectivity index (χ0) is 25.1. The van der Waals surface area contributed by atoms with Gasteiger partial charge in [-0.1, -0.05) is 6.92 Å². The first-order valence-corrected chi connectivity index (χ1v) is 12.9. The summed E-state index contributed by atoms with van der Waals surface area (Å²) in [4.78, 5) is 30.9. The Morgan fingerprint density at radius 3 is 2.83 bits per heavy atom. The van der Waals surface area contributed by atoms with Gasteiger partial charge in [0, 0.05) is 49.5 Å². The number of methoxy groups -OCH3 is 1. The molecule has 1 atom stereocenters. The molecule has 1 unspecified atom stereocenters. The van der Waals surface area contributed by atoms with Gasteiger partial charge in [0.05, 0.1) is 19.7 Å². The summed E-state index contributed by atoms with van der Waals surface area (Å²) in [5, 5.41) is 7.79. The monoisotopic (exact) mass is 497 g/mol. The molecule has 0 spiro atoms. The lowest BCUT2D eigenvalue weighted by Gasteiger charge is -2.28. The summed E-state index contributed by atoms with van der Waals surface area (Å²) < 4.78 is 18.4. The third-order valence-corrected chi connectivity index (χ3v) is 7.34. The van der Waals surface area contributed by atoms with Crippen LogP contribution in [0.15, 0.2) is 18.2 Å². The van der Waals surface area contributed by atoms with Crippen LogP contribution in [0.4, 0.5) is 0 Å². The standard InChI is InChI=1S/C26H35N5O5/c1-3-29-9-4-5-19(29)16-27-25(32)24-20-17-30(10-8-21(20)31(28-24)11-12-34-2)26(33)18-6-7-22-23(15-18)36-14-13-35-22/h6-7,15,19H,3-5,8-14,16-17H2,1-2H3,(H,27,32). The van der Waals surface area contributed by atoms with Crippen LogP contribution in [0.3, 0.4) is 0 Å². The van der Waals surface area contributed by atoms with Crippen molar-refractivity contribution in [3.8, 4) is 11.5 Å². The number of likely N-dealkylation sites (tertiary alicyclic amines) is 1. The van der Waals surface area contributed by atoms with Gasteiger partial charge in [-0.3, -0.25) is 19.2 Å². The summed E-state index contributed by atoms with van der Waals surface area (Å²) in [7, 11) is 1.65. The molecule has 0 saturated carbocycles. The molecule has 1 N–H and O–H groups in total. The fourth-order valence-corrected chi connectivity index (χ4v) is 5.41. The van der Waals surface area contributed by atoms with Crippen LogP contribution < -0.4 is 14.8 Å². The Morgan fingerprint density at radius 2 is 2.03 bits per heavy atom. The smallest absolute Gasteiger partial charge is 0.272 e. The highest BCUT2D eigenvalue weighted by Crippen LogP contribution is 2.32. The summed E-state index contributed by atoms with van der Waals surface area (Å²) in [6.07, 6.45) is 2.88. The van der Waals surface area contributed by atoms with E-state index in [-0.39, 0.29) is 11.8 Å². The van der Waals surface area contributed by atoms with Crippen molar-refractivity contribution in [2.45, 2.75) is 45.3 Å². The number of likely N-dealkylation sites (N-methyl/N-ethyl adjacent to an activating group) is 1. The summed E-state index contributed by atoms with van der Waals surface area (Å²) >= 11 is 0. The summed E-state index contributed by atoms with van der Waals surface area (Å²) in [5.41, 5.74) is 2.77. The Balaban J connectivity index is 1.34. The predicted molar refractivity (Wildman–Crippen MR) is 133 cm³/mol. The molecule has 2 aromatic rings. The second-order valence-electron chi connectivity index (χ2n) is 9.46. The normalized spacial score (nSPS) is 19.3. The zero-order valence-corrected chi connectivity index (χ0v) is 21.1. The van der Waals surface area contributed by atoms with Gasteiger partial charge in [0.15, 0.2) is 17.2 Å². The van der Waals surface area contributed by atoms with E-state index in [1.807, 2.05) is 4.68 Å². The number of aromatic nitrogens is 2. The highest BCUT2D eigenvalue weighted by Gasteiger charge is 2.32. The largest absolute Gasteiger partial charge is 0.486 e. The highest BCUT2D eigenvalue weighted by atomic mass is 16.6. The van der Waals surface area contributed by atoms with Crippen LogP contribution in [-0.2, 0) is 24.2 Å². The van der Waals surface area contributed by atoms with Gasteiger partial charge >= 0.3 is 0 Å². The van der Waals surface area contributed by atoms with Crippen LogP contribution in [0.1, 0.15) is 51.9 Å². The molecule has 2 amide bonds. The maximum absolute atomic E-state index is 13.4. The molecule has 4 heterocycles. The number of rotatable bonds is 8. The molecule has 3 aliphatic rings. The molecule has 194 valence electrons. The second-order valence-corrected chi connectivity index (χ2v) is 9.46. The van der Waals surface area contributed by atoms with Crippen LogP contribution in [-0.4, -0.2) is 90.5 Å². The number of nitrogens with zero attached hydrogens (tertiary/aromatic N) is 4. The number of hydrogen-bond acceptors (Lipinski definition) is 7. The van der Waals surface area contributed by atoms with Crippen molar-refractivity contribution in [2.75, 3.05) is 53.1 Å². The summed E-state index contributed by atoms with van der Waals surface area (Å²) in [6.45, 7) is 7.74. The second kappa shape index (κ2) is 10.9. The van der Waals surface area contributed by atoms with E-state index in [0.717, 1.165) is 37.2 Å². The lowest BCUT2D eigenvalue weighted by molar-refractivity contribution is 0.0728. The number of carbonyl (C=O) groups excluding carboxylic acids is 2. The van der Waals surface area contributed by atoms with E-state index in [4.69, 9.17) is 14.2 Å². The van der Waals surface area contributed by atoms with Crippen molar-refractivity contribution in [3.63, 3.8) is 0 Å². The first-order valence-electron chi connectivity index (χ1n) is 12.9. The van der Waals surface area contributed by atoms with Crippen molar-refractivity contribution in [1.82, 2.24) is 24.9 Å². The minimum atomic E-state index is -0.181. The van der Waals surface area contributed by atoms with Gasteiger partial charge in [-0.2, -0.15) is 5.10 Å². The molecular weight excluding hydrogens is 462 g/mol. The maximum atomic E-state index is 13.4. The fourth-order valence-electron chi connectivity index (χ4n) is 5.41. The molecule has 1 aromatic heterocycles. The van der Waals surface area contributed by atoms with Crippen molar-refractivity contribution in [1.29, 1.82) is 0 Å². The van der Waals surface area contributed by atoms with Crippen molar-refractivity contribution < 1.29 is 23.8 Å². The van der Waals surface area contributed by atoms with Gasteiger partial charge in [-0.05, 0) is 44.1 Å². The zero-order valence-electron chi connectivity index (χ0n) is 21.1. The van der Waals surface area contributed by atoms with Gasteiger partial charge in [-0.15, -0.1) is 0 Å². The van der Waals surface area contributed by atoms with Crippen molar-refractivity contribution >= 4 is 11.8 Å². The number of fused-ring (bicyclic) bond motifs is 2. The Kier molecular flexibility index (Phi) is 7.43. The first kappa shape index (κ1) is 24.6. The first-order chi connectivity index (χ1) is 17.6. The molecule has 1 saturated heterocycles. The number of ether oxygens (including phenoxy) is 3. The molecule has 0 bridgehead atoms. The van der Waals surface area contributed by atoms with E-state index in [2.05, 4.69) is 22.2 Å². The SMILES string of the molecule is CCN1CCCC1CNC(=O)c1nn(CCOC)c2c1CN(C(=O)c1ccc3c(c1)OCCO3)CC2. The number of amides is 2. The topological polar surface area (TPSA) is 98.2 Å². The minimum absolute atomic E-state index is 0.0989. The lowest BCUT2D eigenvalue weighted by Crippen LogP contribution is -2.41. The average Bonchev–Trinajstić information content (AvgIpc) is 3.53. The quantitative estimate of drug-likeness (QED) is 0.593. The van der Waals surface area contributed by atoms with E-state index < -0.39 is 0 Å². The van der Waals surface area contributed by atoms with E-state index in [1.54, 1.807) is 30.2 Å². The number of hydrogen-bond donors (Lipinski definition) is 1. The molecule has 0 radical (unpaired) electrons. The van der Waals surface area contributed by atoms with E-state index in [9.17, 15) is 9.59 Å². The minimum Gasteiger partial charge on any atom is -0.486 e. The lowest BCUT2D eigenvalue weighted by atomic mass is 10.0. The van der Waals surface area contributed by atoms with Crippen molar-refractivity contribution in [3.05, 3.63) is 40.7 Å². The number of carbonyl (C=O) groups is 2. The third-order valence-electron chi connectivity index (χ3n) is 7.34. The number of nitrogens with one attached hydrogen (secondary N) is 1. The Bertz CT molecular complexity index is 1120. The molecule has 10 heteroatoms. The Morgan fingerprint density at radius 1 is 1.19 bits per heavy atom. The maximum Gasteiger partial charge on any atom is 0.272 e. The molecule has 10 nitrogen and oxygen atoms in total. The molecule has 3 aliphatic heterocycles. The summed E-state index contributed by atoms with van der Waals surface area (Å²) in [6, 6.07) is 5.64. The number of benzene rings is 1.